The van der Waals surface area contributed by atoms with Gasteiger partial charge in [-0.2, -0.15) is 5.26 Å². The van der Waals surface area contributed by atoms with E-state index in [0.717, 1.165) is 12.8 Å². The van der Waals surface area contributed by atoms with Gasteiger partial charge in [0.2, 0.25) is 0 Å². The van der Waals surface area contributed by atoms with Crippen LogP contribution in [0.2, 0.25) is 0 Å². The highest BCUT2D eigenvalue weighted by atomic mass is 16.5. The summed E-state index contributed by atoms with van der Waals surface area (Å²) in [6.45, 7) is 1.36. The highest BCUT2D eigenvalue weighted by molar-refractivity contribution is 6.00. The van der Waals surface area contributed by atoms with Crippen LogP contribution in [-0.4, -0.2) is 31.1 Å². The van der Waals surface area contributed by atoms with Gasteiger partial charge in [-0.3, -0.25) is 4.79 Å². The molecule has 2 aliphatic rings. The summed E-state index contributed by atoms with van der Waals surface area (Å²) >= 11 is 0. The average Bonchev–Trinajstić information content (AvgIpc) is 2.46. The molecule has 0 radical (unpaired) electrons. The van der Waals surface area contributed by atoms with E-state index >= 15 is 0 Å². The molecule has 1 aromatic rings. The Hall–Kier alpha value is -1.70. The number of morpholine rings is 1. The van der Waals surface area contributed by atoms with Crippen molar-refractivity contribution in [3.05, 3.63) is 35.4 Å². The molecule has 4 nitrogen and oxygen atoms in total. The Morgan fingerprint density at radius 1 is 1.26 bits per heavy atom. The van der Waals surface area contributed by atoms with E-state index in [9.17, 15) is 4.79 Å². The molecule has 2 atom stereocenters. The van der Waals surface area contributed by atoms with E-state index in [1.54, 1.807) is 18.2 Å². The van der Waals surface area contributed by atoms with Crippen LogP contribution in [0.4, 0.5) is 0 Å². The van der Waals surface area contributed by atoms with Crippen LogP contribution in [0.25, 0.3) is 0 Å². The van der Waals surface area contributed by atoms with Gasteiger partial charge in [0.15, 0.2) is 5.78 Å². The van der Waals surface area contributed by atoms with Gasteiger partial charge in [0.05, 0.1) is 24.8 Å². The Bertz CT molecular complexity index is 523. The first-order chi connectivity index (χ1) is 9.28. The van der Waals surface area contributed by atoms with Gasteiger partial charge in [0, 0.05) is 23.6 Å². The minimum absolute atomic E-state index is 0.00894. The van der Waals surface area contributed by atoms with Crippen molar-refractivity contribution >= 4 is 5.78 Å². The number of nitrogens with one attached hydrogen (secondary N) is 1. The average molecular weight is 256 g/mol. The first-order valence-electron chi connectivity index (χ1n) is 6.65. The van der Waals surface area contributed by atoms with Crippen molar-refractivity contribution in [2.75, 3.05) is 13.2 Å². The Balaban J connectivity index is 1.82. The second-order valence-corrected chi connectivity index (χ2v) is 5.29. The molecule has 4 heteroatoms. The quantitative estimate of drug-likeness (QED) is 0.815. The van der Waals surface area contributed by atoms with E-state index in [-0.39, 0.29) is 23.8 Å². The third kappa shape index (κ3) is 2.40. The summed E-state index contributed by atoms with van der Waals surface area (Å²) < 4.78 is 5.49. The lowest BCUT2D eigenvalue weighted by atomic mass is 9.81. The van der Waals surface area contributed by atoms with Gasteiger partial charge in [0.1, 0.15) is 0 Å². The summed E-state index contributed by atoms with van der Waals surface area (Å²) in [6, 6.07) is 9.73. The summed E-state index contributed by atoms with van der Waals surface area (Å²) in [7, 11) is 0. The minimum atomic E-state index is 0.00894. The number of nitrogens with zero attached hydrogens (tertiary/aromatic N) is 1. The number of rotatable bonds is 2. The van der Waals surface area contributed by atoms with Crippen LogP contribution in [0.5, 0.6) is 0 Å². The fraction of sp³-hybridized carbons (Fsp3) is 0.467. The lowest BCUT2D eigenvalue weighted by Crippen LogP contribution is -2.55. The molecule has 0 aromatic heterocycles. The maximum absolute atomic E-state index is 12.6. The van der Waals surface area contributed by atoms with Crippen LogP contribution in [-0.2, 0) is 4.74 Å². The zero-order chi connectivity index (χ0) is 13.2. The topological polar surface area (TPSA) is 62.1 Å². The van der Waals surface area contributed by atoms with Crippen molar-refractivity contribution in [2.45, 2.75) is 24.9 Å². The number of fused-ring (bicyclic) bond motifs is 2. The molecule has 2 fully saturated rings. The zero-order valence-electron chi connectivity index (χ0n) is 10.6. The number of ether oxygens (including phenoxy) is 1. The van der Waals surface area contributed by atoms with Crippen molar-refractivity contribution in [3.63, 3.8) is 0 Å². The molecule has 1 aromatic carbocycles. The number of piperidine rings is 1. The Labute approximate surface area is 112 Å². The molecular formula is C15H16N2O2. The minimum Gasteiger partial charge on any atom is -0.378 e. The summed E-state index contributed by atoms with van der Waals surface area (Å²) in [5.74, 6) is 0.116. The molecule has 2 unspecified atom stereocenters. The van der Waals surface area contributed by atoms with E-state index in [1.807, 2.05) is 6.07 Å². The lowest BCUT2D eigenvalue weighted by molar-refractivity contribution is 0.00952. The summed E-state index contributed by atoms with van der Waals surface area (Å²) in [6.07, 6.45) is 1.60. The number of benzene rings is 1. The van der Waals surface area contributed by atoms with Crippen molar-refractivity contribution in [2.24, 2.45) is 5.92 Å². The SMILES string of the molecule is N#Cc1ccccc1C(=O)C1CC2COCC(C1)N2. The van der Waals surface area contributed by atoms with Gasteiger partial charge in [-0.15, -0.1) is 0 Å². The highest BCUT2D eigenvalue weighted by Crippen LogP contribution is 2.27. The maximum Gasteiger partial charge on any atom is 0.167 e. The Morgan fingerprint density at radius 2 is 1.95 bits per heavy atom. The largest absolute Gasteiger partial charge is 0.378 e. The normalized spacial score (nSPS) is 29.5. The second-order valence-electron chi connectivity index (χ2n) is 5.29. The molecule has 2 saturated heterocycles. The van der Waals surface area contributed by atoms with E-state index in [2.05, 4.69) is 11.4 Å². The molecule has 0 amide bonds. The number of hydrogen-bond donors (Lipinski definition) is 1. The van der Waals surface area contributed by atoms with Crippen LogP contribution >= 0.6 is 0 Å². The van der Waals surface area contributed by atoms with Gasteiger partial charge in [-0.1, -0.05) is 18.2 Å². The molecule has 2 heterocycles. The predicted octanol–water partition coefficient (Wildman–Crippen LogP) is 1.51. The smallest absolute Gasteiger partial charge is 0.167 e. The Kier molecular flexibility index (Phi) is 3.33. The van der Waals surface area contributed by atoms with E-state index in [0.29, 0.717) is 24.3 Å². The molecule has 0 spiro atoms. The second kappa shape index (κ2) is 5.12. The van der Waals surface area contributed by atoms with Gasteiger partial charge in [-0.25, -0.2) is 0 Å². The monoisotopic (exact) mass is 256 g/mol. The summed E-state index contributed by atoms with van der Waals surface area (Å²) in [5.41, 5.74) is 1.04. The van der Waals surface area contributed by atoms with Crippen LogP contribution in [0.1, 0.15) is 28.8 Å². The number of Topliss-reactive ketones (excluding diaryl/α,β-unsaturated/α-hetero) is 1. The Morgan fingerprint density at radius 3 is 2.63 bits per heavy atom. The molecule has 19 heavy (non-hydrogen) atoms. The van der Waals surface area contributed by atoms with Crippen LogP contribution in [0, 0.1) is 17.2 Å². The van der Waals surface area contributed by atoms with Gasteiger partial charge >= 0.3 is 0 Å². The van der Waals surface area contributed by atoms with Crippen molar-refractivity contribution < 1.29 is 9.53 Å². The highest BCUT2D eigenvalue weighted by Gasteiger charge is 2.35. The first-order valence-corrected chi connectivity index (χ1v) is 6.65. The maximum atomic E-state index is 12.6. The molecule has 0 aliphatic carbocycles. The molecule has 2 bridgehead atoms. The molecule has 1 N–H and O–H groups in total. The molecule has 98 valence electrons. The van der Waals surface area contributed by atoms with Crippen LogP contribution in [0.15, 0.2) is 24.3 Å². The zero-order valence-corrected chi connectivity index (χ0v) is 10.6. The van der Waals surface area contributed by atoms with Crippen molar-refractivity contribution in [3.8, 4) is 6.07 Å². The number of carbonyl (C=O) groups excluding carboxylic acids is 1. The molecule has 2 aliphatic heterocycles. The van der Waals surface area contributed by atoms with E-state index in [1.165, 1.54) is 0 Å². The number of ketones is 1. The first kappa shape index (κ1) is 12.3. The van der Waals surface area contributed by atoms with Gasteiger partial charge in [-0.05, 0) is 18.9 Å². The van der Waals surface area contributed by atoms with Crippen LogP contribution < -0.4 is 5.32 Å². The fourth-order valence-corrected chi connectivity index (χ4v) is 3.07. The third-order valence-electron chi connectivity index (χ3n) is 3.93. The fourth-order valence-electron chi connectivity index (χ4n) is 3.07. The third-order valence-corrected chi connectivity index (χ3v) is 3.93. The van der Waals surface area contributed by atoms with E-state index in [4.69, 9.17) is 10.00 Å². The summed E-state index contributed by atoms with van der Waals surface area (Å²) in [5, 5.41) is 12.6. The van der Waals surface area contributed by atoms with E-state index < -0.39 is 0 Å². The predicted molar refractivity (Wildman–Crippen MR) is 69.7 cm³/mol. The molecule has 3 rings (SSSR count). The standard InChI is InChI=1S/C15H16N2O2/c16-7-10-3-1-2-4-14(10)15(18)11-5-12-8-19-9-13(6-11)17-12/h1-4,11-13,17H,5-6,8-9H2. The van der Waals surface area contributed by atoms with Crippen molar-refractivity contribution in [1.29, 1.82) is 5.26 Å². The van der Waals surface area contributed by atoms with Crippen LogP contribution in [0.3, 0.4) is 0 Å². The lowest BCUT2D eigenvalue weighted by Gasteiger charge is -2.39. The number of carbonyl (C=O) groups is 1. The van der Waals surface area contributed by atoms with Gasteiger partial charge in [0.25, 0.3) is 0 Å². The van der Waals surface area contributed by atoms with Crippen molar-refractivity contribution in [1.82, 2.24) is 5.32 Å². The molecule has 0 saturated carbocycles. The number of hydrogen-bond acceptors (Lipinski definition) is 4. The summed E-state index contributed by atoms with van der Waals surface area (Å²) in [4.78, 5) is 12.6. The number of nitriles is 1. The van der Waals surface area contributed by atoms with Gasteiger partial charge < -0.3 is 10.1 Å². The molecular weight excluding hydrogens is 240 g/mol.